The summed E-state index contributed by atoms with van der Waals surface area (Å²) in [5, 5.41) is 6.67. The van der Waals surface area contributed by atoms with Gasteiger partial charge in [0.1, 0.15) is 0 Å². The number of fused-ring (bicyclic) bond motifs is 1. The summed E-state index contributed by atoms with van der Waals surface area (Å²) in [7, 11) is -2.91. The Kier molecular flexibility index (Phi) is 6.65. The zero-order valence-corrected chi connectivity index (χ0v) is 18.6. The number of nitrogens with one attached hydrogen (secondary N) is 2. The van der Waals surface area contributed by atoms with E-state index in [9.17, 15) is 8.42 Å². The second-order valence-electron chi connectivity index (χ2n) is 8.08. The average molecular weight is 444 g/mol. The molecule has 1 saturated heterocycles. The molecule has 0 radical (unpaired) electrons. The van der Waals surface area contributed by atoms with Crippen LogP contribution in [-0.4, -0.2) is 45.6 Å². The van der Waals surface area contributed by atoms with Crippen molar-refractivity contribution in [2.24, 2.45) is 10.9 Å². The van der Waals surface area contributed by atoms with Crippen molar-refractivity contribution < 1.29 is 17.9 Å². The van der Waals surface area contributed by atoms with Gasteiger partial charge in [0.15, 0.2) is 27.3 Å². The molecule has 2 N–H and O–H groups in total. The van der Waals surface area contributed by atoms with Crippen molar-refractivity contribution in [3.8, 4) is 11.5 Å². The van der Waals surface area contributed by atoms with Crippen molar-refractivity contribution in [2.45, 2.75) is 26.3 Å². The van der Waals surface area contributed by atoms with Crippen LogP contribution < -0.4 is 20.1 Å². The van der Waals surface area contributed by atoms with Crippen molar-refractivity contribution >= 4 is 21.5 Å². The van der Waals surface area contributed by atoms with E-state index < -0.39 is 9.84 Å². The summed E-state index contributed by atoms with van der Waals surface area (Å²) in [6, 6.07) is 13.9. The van der Waals surface area contributed by atoms with Gasteiger partial charge in [0, 0.05) is 24.7 Å². The predicted octanol–water partition coefficient (Wildman–Crippen LogP) is 3.15. The molecule has 7 nitrogen and oxygen atoms in total. The SMILES string of the molecule is Cc1ccccc1CN=C(NCC1CCS(=O)(=O)C1)Nc1ccc2c(c1)OCCCO2. The van der Waals surface area contributed by atoms with Gasteiger partial charge in [-0.25, -0.2) is 13.4 Å². The Hall–Kier alpha value is -2.74. The van der Waals surface area contributed by atoms with Gasteiger partial charge in [0.05, 0.1) is 31.3 Å². The van der Waals surface area contributed by atoms with Crippen LogP contribution in [0.15, 0.2) is 47.5 Å². The van der Waals surface area contributed by atoms with Crippen LogP contribution in [0.25, 0.3) is 0 Å². The number of aryl methyl sites for hydroxylation is 1. The molecule has 1 atom stereocenters. The highest BCUT2D eigenvalue weighted by atomic mass is 32.2. The first-order chi connectivity index (χ1) is 15.0. The first-order valence-corrected chi connectivity index (χ1v) is 12.5. The smallest absolute Gasteiger partial charge is 0.196 e. The van der Waals surface area contributed by atoms with Gasteiger partial charge in [-0.05, 0) is 42.5 Å². The minimum Gasteiger partial charge on any atom is -0.490 e. The Labute approximate surface area is 183 Å². The first-order valence-electron chi connectivity index (χ1n) is 10.7. The zero-order valence-electron chi connectivity index (χ0n) is 17.8. The van der Waals surface area contributed by atoms with Crippen LogP contribution in [0.1, 0.15) is 24.0 Å². The molecule has 2 aromatic carbocycles. The lowest BCUT2D eigenvalue weighted by atomic mass is 10.1. The van der Waals surface area contributed by atoms with Gasteiger partial charge >= 0.3 is 0 Å². The van der Waals surface area contributed by atoms with Crippen LogP contribution in [0.3, 0.4) is 0 Å². The van der Waals surface area contributed by atoms with Crippen molar-refractivity contribution in [2.75, 3.05) is 36.6 Å². The summed E-state index contributed by atoms with van der Waals surface area (Å²) in [5.41, 5.74) is 3.16. The maximum absolute atomic E-state index is 11.8. The fraction of sp³-hybridized carbons (Fsp3) is 0.435. The number of rotatable bonds is 5. The third-order valence-corrected chi connectivity index (χ3v) is 7.40. The molecule has 2 aliphatic rings. The lowest BCUT2D eigenvalue weighted by Crippen LogP contribution is -2.35. The molecule has 31 heavy (non-hydrogen) atoms. The van der Waals surface area contributed by atoms with E-state index in [1.807, 2.05) is 30.3 Å². The van der Waals surface area contributed by atoms with Gasteiger partial charge < -0.3 is 20.1 Å². The molecule has 2 aromatic rings. The van der Waals surface area contributed by atoms with Gasteiger partial charge in [-0.2, -0.15) is 0 Å². The third-order valence-electron chi connectivity index (χ3n) is 5.56. The van der Waals surface area contributed by atoms with Crippen LogP contribution in [-0.2, 0) is 16.4 Å². The number of aliphatic imine (C=N–C) groups is 1. The monoisotopic (exact) mass is 443 g/mol. The molecule has 0 spiro atoms. The Balaban J connectivity index is 1.49. The maximum atomic E-state index is 11.8. The largest absolute Gasteiger partial charge is 0.490 e. The fourth-order valence-electron chi connectivity index (χ4n) is 3.74. The van der Waals surface area contributed by atoms with Crippen LogP contribution in [0.4, 0.5) is 5.69 Å². The molecule has 166 valence electrons. The highest BCUT2D eigenvalue weighted by Crippen LogP contribution is 2.32. The van der Waals surface area contributed by atoms with E-state index in [0.717, 1.165) is 23.4 Å². The highest BCUT2D eigenvalue weighted by Gasteiger charge is 2.27. The summed E-state index contributed by atoms with van der Waals surface area (Å²) in [6.45, 7) is 4.42. The predicted molar refractivity (Wildman–Crippen MR) is 123 cm³/mol. The Bertz CT molecular complexity index is 1050. The maximum Gasteiger partial charge on any atom is 0.196 e. The van der Waals surface area contributed by atoms with Crippen LogP contribution in [0.2, 0.25) is 0 Å². The Morgan fingerprint density at radius 2 is 1.94 bits per heavy atom. The number of guanidine groups is 1. The molecular weight excluding hydrogens is 414 g/mol. The van der Waals surface area contributed by atoms with E-state index >= 15 is 0 Å². The van der Waals surface area contributed by atoms with Gasteiger partial charge in [-0.3, -0.25) is 0 Å². The zero-order chi connectivity index (χ0) is 21.7. The molecule has 0 bridgehead atoms. The molecular formula is C23H29N3O4S. The second-order valence-corrected chi connectivity index (χ2v) is 10.3. The van der Waals surface area contributed by atoms with Gasteiger partial charge in [-0.15, -0.1) is 0 Å². The van der Waals surface area contributed by atoms with E-state index in [1.54, 1.807) is 0 Å². The normalized spacial score (nSPS) is 20.2. The van der Waals surface area contributed by atoms with Crippen LogP contribution >= 0.6 is 0 Å². The van der Waals surface area contributed by atoms with E-state index in [0.29, 0.717) is 44.4 Å². The number of benzene rings is 2. The number of nitrogens with zero attached hydrogens (tertiary/aromatic N) is 1. The quantitative estimate of drug-likeness (QED) is 0.545. The van der Waals surface area contributed by atoms with E-state index in [1.165, 1.54) is 5.56 Å². The number of anilines is 1. The topological polar surface area (TPSA) is 89.0 Å². The summed E-state index contributed by atoms with van der Waals surface area (Å²) in [6.07, 6.45) is 1.54. The number of hydrogen-bond acceptors (Lipinski definition) is 5. The molecule has 0 aliphatic carbocycles. The number of hydrogen-bond donors (Lipinski definition) is 2. The Morgan fingerprint density at radius 3 is 2.71 bits per heavy atom. The first kappa shape index (κ1) is 21.5. The van der Waals surface area contributed by atoms with E-state index in [2.05, 4.69) is 29.7 Å². The van der Waals surface area contributed by atoms with Gasteiger partial charge in [-0.1, -0.05) is 24.3 Å². The summed E-state index contributed by atoms with van der Waals surface area (Å²) >= 11 is 0. The molecule has 0 aromatic heterocycles. The number of sulfone groups is 1. The molecule has 8 heteroatoms. The minimum absolute atomic E-state index is 0.0965. The molecule has 2 aliphatic heterocycles. The third kappa shape index (κ3) is 5.91. The molecule has 2 heterocycles. The average Bonchev–Trinajstić information content (AvgIpc) is 2.95. The standard InChI is InChI=1S/C23H29N3O4S/c1-17-5-2-3-6-19(17)15-25-23(24-14-18-9-12-31(27,28)16-18)26-20-7-8-21-22(13-20)30-11-4-10-29-21/h2-3,5-8,13,18H,4,9-12,14-16H2,1H3,(H2,24,25,26). The molecule has 1 unspecified atom stereocenters. The van der Waals surface area contributed by atoms with Crippen molar-refractivity contribution in [1.82, 2.24) is 5.32 Å². The number of ether oxygens (including phenoxy) is 2. The lowest BCUT2D eigenvalue weighted by Gasteiger charge is -2.16. The van der Waals surface area contributed by atoms with Crippen molar-refractivity contribution in [3.05, 3.63) is 53.6 Å². The van der Waals surface area contributed by atoms with E-state index in [-0.39, 0.29) is 17.4 Å². The lowest BCUT2D eigenvalue weighted by molar-refractivity contribution is 0.297. The molecule has 1 fully saturated rings. The summed E-state index contributed by atoms with van der Waals surface area (Å²) in [4.78, 5) is 4.75. The summed E-state index contributed by atoms with van der Waals surface area (Å²) in [5.74, 6) is 2.66. The van der Waals surface area contributed by atoms with Crippen molar-refractivity contribution in [3.63, 3.8) is 0 Å². The molecule has 0 saturated carbocycles. The van der Waals surface area contributed by atoms with Gasteiger partial charge in [0.25, 0.3) is 0 Å². The fourth-order valence-corrected chi connectivity index (χ4v) is 5.60. The van der Waals surface area contributed by atoms with Crippen LogP contribution in [0.5, 0.6) is 11.5 Å². The van der Waals surface area contributed by atoms with Gasteiger partial charge in [0.2, 0.25) is 0 Å². The molecule has 0 amide bonds. The van der Waals surface area contributed by atoms with E-state index in [4.69, 9.17) is 14.5 Å². The van der Waals surface area contributed by atoms with Crippen LogP contribution in [0, 0.1) is 12.8 Å². The second kappa shape index (κ2) is 9.60. The molecule has 4 rings (SSSR count). The summed E-state index contributed by atoms with van der Waals surface area (Å²) < 4.78 is 35.1. The van der Waals surface area contributed by atoms with Crippen molar-refractivity contribution in [1.29, 1.82) is 0 Å². The Morgan fingerprint density at radius 1 is 1.13 bits per heavy atom. The highest BCUT2D eigenvalue weighted by molar-refractivity contribution is 7.91. The minimum atomic E-state index is -2.91.